The number of aromatic nitrogens is 2. The van der Waals surface area contributed by atoms with Crippen molar-refractivity contribution < 1.29 is 14.6 Å². The SMILES string of the molecule is Nc1nnc(-c2ccccc2O)cc1-c1ccc(N2CCN(C3CCC4(CC3)OCCO4)CC2)cc1. The number of ether oxygens (including phenoxy) is 2. The maximum absolute atomic E-state index is 10.2. The molecule has 188 valence electrons. The molecule has 0 amide bonds. The molecule has 3 aliphatic rings. The summed E-state index contributed by atoms with van der Waals surface area (Å²) in [5.41, 5.74) is 10.4. The number of phenolic OH excluding ortho intramolecular Hbond substituents is 1. The average molecular weight is 488 g/mol. The molecule has 0 bridgehead atoms. The van der Waals surface area contributed by atoms with E-state index in [4.69, 9.17) is 15.2 Å². The highest BCUT2D eigenvalue weighted by molar-refractivity contribution is 5.79. The summed E-state index contributed by atoms with van der Waals surface area (Å²) in [5.74, 6) is 0.263. The third-order valence-corrected chi connectivity index (χ3v) is 7.91. The van der Waals surface area contributed by atoms with E-state index < -0.39 is 0 Å². The van der Waals surface area contributed by atoms with Crippen molar-refractivity contribution >= 4 is 11.5 Å². The molecule has 0 radical (unpaired) electrons. The van der Waals surface area contributed by atoms with Crippen LogP contribution < -0.4 is 10.6 Å². The molecule has 6 rings (SSSR count). The lowest BCUT2D eigenvalue weighted by Gasteiger charge is -2.44. The first-order chi connectivity index (χ1) is 17.6. The lowest BCUT2D eigenvalue weighted by Crippen LogP contribution is -2.52. The number of anilines is 2. The highest BCUT2D eigenvalue weighted by atomic mass is 16.7. The zero-order valence-corrected chi connectivity index (χ0v) is 20.5. The summed E-state index contributed by atoms with van der Waals surface area (Å²) < 4.78 is 11.8. The summed E-state index contributed by atoms with van der Waals surface area (Å²) >= 11 is 0. The van der Waals surface area contributed by atoms with E-state index in [-0.39, 0.29) is 11.5 Å². The summed E-state index contributed by atoms with van der Waals surface area (Å²) in [6.07, 6.45) is 4.33. The molecule has 3 fully saturated rings. The van der Waals surface area contributed by atoms with Crippen LogP contribution in [0.25, 0.3) is 22.4 Å². The molecule has 3 aromatic rings. The van der Waals surface area contributed by atoms with Gasteiger partial charge in [0.2, 0.25) is 0 Å². The number of nitrogens with two attached hydrogens (primary N) is 1. The second-order valence-electron chi connectivity index (χ2n) is 9.95. The van der Waals surface area contributed by atoms with Crippen LogP contribution >= 0.6 is 0 Å². The molecule has 3 heterocycles. The van der Waals surface area contributed by atoms with Gasteiger partial charge in [0.05, 0.1) is 18.9 Å². The molecule has 2 saturated heterocycles. The lowest BCUT2D eigenvalue weighted by molar-refractivity contribution is -0.184. The molecule has 2 aliphatic heterocycles. The highest BCUT2D eigenvalue weighted by Crippen LogP contribution is 2.38. The number of benzene rings is 2. The summed E-state index contributed by atoms with van der Waals surface area (Å²) in [6, 6.07) is 18.1. The molecule has 8 nitrogen and oxygen atoms in total. The minimum absolute atomic E-state index is 0.171. The van der Waals surface area contributed by atoms with Gasteiger partial charge in [0.25, 0.3) is 0 Å². The Morgan fingerprint density at radius 2 is 1.56 bits per heavy atom. The van der Waals surface area contributed by atoms with Gasteiger partial charge in [-0.05, 0) is 48.7 Å². The Hall–Kier alpha value is -3.20. The maximum atomic E-state index is 10.2. The number of aromatic hydroxyl groups is 1. The summed E-state index contributed by atoms with van der Waals surface area (Å²) in [7, 11) is 0. The van der Waals surface area contributed by atoms with Gasteiger partial charge in [0.15, 0.2) is 11.6 Å². The van der Waals surface area contributed by atoms with Gasteiger partial charge < -0.3 is 25.2 Å². The Kier molecular flexibility index (Phi) is 6.25. The van der Waals surface area contributed by atoms with Crippen LogP contribution in [-0.2, 0) is 9.47 Å². The molecule has 3 N–H and O–H groups in total. The van der Waals surface area contributed by atoms with Crippen LogP contribution in [0, 0.1) is 0 Å². The number of hydrogen-bond donors (Lipinski definition) is 2. The van der Waals surface area contributed by atoms with Gasteiger partial charge in [0, 0.05) is 61.9 Å². The van der Waals surface area contributed by atoms with Crippen molar-refractivity contribution in [3.05, 3.63) is 54.6 Å². The van der Waals surface area contributed by atoms with Crippen molar-refractivity contribution in [2.24, 2.45) is 0 Å². The van der Waals surface area contributed by atoms with Crippen LogP contribution in [0.2, 0.25) is 0 Å². The van der Waals surface area contributed by atoms with Crippen LogP contribution in [0.15, 0.2) is 54.6 Å². The van der Waals surface area contributed by atoms with Gasteiger partial charge in [-0.2, -0.15) is 0 Å². The van der Waals surface area contributed by atoms with Crippen LogP contribution in [0.4, 0.5) is 11.5 Å². The number of piperazine rings is 1. The molecule has 36 heavy (non-hydrogen) atoms. The van der Waals surface area contributed by atoms with Gasteiger partial charge in [-0.15, -0.1) is 10.2 Å². The lowest BCUT2D eigenvalue weighted by atomic mass is 9.88. The third kappa shape index (κ3) is 4.52. The number of para-hydroxylation sites is 1. The molecule has 1 aromatic heterocycles. The first-order valence-electron chi connectivity index (χ1n) is 12.9. The number of nitrogen functional groups attached to an aromatic ring is 1. The summed E-state index contributed by atoms with van der Waals surface area (Å²) in [6.45, 7) is 5.67. The second-order valence-corrected chi connectivity index (χ2v) is 9.95. The summed E-state index contributed by atoms with van der Waals surface area (Å²) in [5, 5.41) is 18.5. The molecule has 0 atom stereocenters. The number of rotatable bonds is 4. The van der Waals surface area contributed by atoms with E-state index in [1.165, 1.54) is 5.69 Å². The first-order valence-corrected chi connectivity index (χ1v) is 12.9. The Morgan fingerprint density at radius 3 is 2.25 bits per heavy atom. The minimum Gasteiger partial charge on any atom is -0.507 e. The van der Waals surface area contributed by atoms with E-state index in [9.17, 15) is 5.11 Å². The third-order valence-electron chi connectivity index (χ3n) is 7.91. The smallest absolute Gasteiger partial charge is 0.168 e. The Morgan fingerprint density at radius 1 is 0.861 bits per heavy atom. The van der Waals surface area contributed by atoms with Gasteiger partial charge in [-0.1, -0.05) is 24.3 Å². The van der Waals surface area contributed by atoms with Crippen molar-refractivity contribution in [2.75, 3.05) is 50.0 Å². The molecule has 1 spiro atoms. The fourth-order valence-corrected chi connectivity index (χ4v) is 5.84. The van der Waals surface area contributed by atoms with Gasteiger partial charge in [-0.3, -0.25) is 4.90 Å². The molecular formula is C28H33N5O3. The van der Waals surface area contributed by atoms with Gasteiger partial charge in [-0.25, -0.2) is 0 Å². The monoisotopic (exact) mass is 487 g/mol. The molecule has 2 aromatic carbocycles. The van der Waals surface area contributed by atoms with E-state index in [0.717, 1.165) is 76.2 Å². The molecular weight excluding hydrogens is 454 g/mol. The van der Waals surface area contributed by atoms with Crippen molar-refractivity contribution in [3.8, 4) is 28.1 Å². The number of nitrogens with zero attached hydrogens (tertiary/aromatic N) is 4. The van der Waals surface area contributed by atoms with Crippen LogP contribution in [0.3, 0.4) is 0 Å². The highest BCUT2D eigenvalue weighted by Gasteiger charge is 2.41. The standard InChI is InChI=1S/C28H33N5O3/c29-27-24(19-25(30-31-27)23-3-1-2-4-26(23)34)20-5-7-21(8-6-20)32-13-15-33(16-14-32)22-9-11-28(12-10-22)35-17-18-36-28/h1-8,19,22,34H,9-18H2,(H2,29,31). The molecule has 0 unspecified atom stereocenters. The average Bonchev–Trinajstić information content (AvgIpc) is 3.38. The zero-order chi connectivity index (χ0) is 24.5. The fourth-order valence-electron chi connectivity index (χ4n) is 5.84. The van der Waals surface area contributed by atoms with Crippen LogP contribution in [0.1, 0.15) is 25.7 Å². The van der Waals surface area contributed by atoms with E-state index in [2.05, 4.69) is 44.3 Å². The number of phenols is 1. The zero-order valence-electron chi connectivity index (χ0n) is 20.5. The van der Waals surface area contributed by atoms with Crippen molar-refractivity contribution in [3.63, 3.8) is 0 Å². The number of hydrogen-bond acceptors (Lipinski definition) is 8. The van der Waals surface area contributed by atoms with Gasteiger partial charge >= 0.3 is 0 Å². The van der Waals surface area contributed by atoms with Crippen LogP contribution in [-0.4, -0.2) is 71.4 Å². The van der Waals surface area contributed by atoms with Crippen LogP contribution in [0.5, 0.6) is 5.75 Å². The van der Waals surface area contributed by atoms with E-state index in [1.807, 2.05) is 18.2 Å². The second kappa shape index (κ2) is 9.69. The Bertz CT molecular complexity index is 1190. The van der Waals surface area contributed by atoms with Crippen molar-refractivity contribution in [1.82, 2.24) is 15.1 Å². The predicted octanol–water partition coefficient (Wildman–Crippen LogP) is 3.91. The first kappa shape index (κ1) is 23.2. The Labute approximate surface area is 211 Å². The predicted molar refractivity (Wildman–Crippen MR) is 140 cm³/mol. The van der Waals surface area contributed by atoms with Crippen molar-refractivity contribution in [1.29, 1.82) is 0 Å². The largest absolute Gasteiger partial charge is 0.507 e. The van der Waals surface area contributed by atoms with E-state index in [1.54, 1.807) is 12.1 Å². The van der Waals surface area contributed by atoms with Crippen molar-refractivity contribution in [2.45, 2.75) is 37.5 Å². The van der Waals surface area contributed by atoms with Gasteiger partial charge in [0.1, 0.15) is 5.75 Å². The quantitative estimate of drug-likeness (QED) is 0.572. The van der Waals surface area contributed by atoms with E-state index in [0.29, 0.717) is 23.1 Å². The molecule has 8 heteroatoms. The molecule has 1 saturated carbocycles. The van der Waals surface area contributed by atoms with E-state index >= 15 is 0 Å². The molecule has 1 aliphatic carbocycles. The normalized spacial score (nSPS) is 20.7. The maximum Gasteiger partial charge on any atom is 0.168 e. The minimum atomic E-state index is -0.282. The fraction of sp³-hybridized carbons (Fsp3) is 0.429. The summed E-state index contributed by atoms with van der Waals surface area (Å²) in [4.78, 5) is 5.10. The topological polar surface area (TPSA) is 97.0 Å². The Balaban J connectivity index is 1.10.